The average molecular weight is 320 g/mol. The minimum Gasteiger partial charge on any atom is -0.309 e. The number of amides is 2. The molecule has 1 aromatic heterocycles. The topological polar surface area (TPSA) is 75.2 Å². The molecule has 1 aliphatic heterocycles. The van der Waals surface area contributed by atoms with Gasteiger partial charge in [0, 0.05) is 13.0 Å². The van der Waals surface area contributed by atoms with Crippen LogP contribution >= 0.6 is 11.3 Å². The first-order chi connectivity index (χ1) is 10.5. The number of carbonyl (C=O) groups is 2. The summed E-state index contributed by atoms with van der Waals surface area (Å²) in [4.78, 5) is 25.5. The summed E-state index contributed by atoms with van der Waals surface area (Å²) >= 11 is 1.26. The Balaban J connectivity index is 1.71. The van der Waals surface area contributed by atoms with E-state index in [0.717, 1.165) is 5.01 Å². The van der Waals surface area contributed by atoms with Gasteiger partial charge < -0.3 is 10.2 Å². The molecule has 0 unspecified atom stereocenters. The maximum Gasteiger partial charge on any atom is 0.231 e. The normalized spacial score (nSPS) is 17.8. The lowest BCUT2D eigenvalue weighted by Crippen LogP contribution is -2.28. The molecule has 1 atom stereocenters. The molecule has 2 heterocycles. The molecule has 114 valence electrons. The first-order valence-corrected chi connectivity index (χ1v) is 7.52. The molecule has 0 spiro atoms. The highest BCUT2D eigenvalue weighted by Gasteiger charge is 2.36. The fraction of sp³-hybridized carbons (Fsp3) is 0.286. The highest BCUT2D eigenvalue weighted by Crippen LogP contribution is 2.28. The van der Waals surface area contributed by atoms with Crippen molar-refractivity contribution in [2.45, 2.75) is 13.3 Å². The van der Waals surface area contributed by atoms with Crippen molar-refractivity contribution in [3.8, 4) is 0 Å². The molecule has 2 amide bonds. The fourth-order valence-electron chi connectivity index (χ4n) is 2.34. The van der Waals surface area contributed by atoms with Gasteiger partial charge in [0.15, 0.2) is 0 Å². The number of aryl methyl sites for hydroxylation is 1. The second-order valence-electron chi connectivity index (χ2n) is 4.97. The molecule has 0 radical (unpaired) electrons. The van der Waals surface area contributed by atoms with Crippen LogP contribution < -0.4 is 10.2 Å². The van der Waals surface area contributed by atoms with E-state index in [-0.39, 0.29) is 30.5 Å². The number of halogens is 1. The number of para-hydroxylation sites is 1. The number of aromatic nitrogens is 2. The lowest BCUT2D eigenvalue weighted by molar-refractivity contribution is -0.122. The summed E-state index contributed by atoms with van der Waals surface area (Å²) < 4.78 is 13.8. The highest BCUT2D eigenvalue weighted by atomic mass is 32.1. The van der Waals surface area contributed by atoms with Crippen LogP contribution in [0.2, 0.25) is 0 Å². The Hall–Kier alpha value is -2.35. The summed E-state index contributed by atoms with van der Waals surface area (Å²) in [7, 11) is 0. The highest BCUT2D eigenvalue weighted by molar-refractivity contribution is 7.15. The van der Waals surface area contributed by atoms with Crippen LogP contribution in [0.4, 0.5) is 15.2 Å². The Morgan fingerprint density at radius 2 is 2.18 bits per heavy atom. The molecule has 6 nitrogen and oxygen atoms in total. The van der Waals surface area contributed by atoms with Gasteiger partial charge in [-0.25, -0.2) is 4.39 Å². The van der Waals surface area contributed by atoms with Crippen LogP contribution in [-0.2, 0) is 9.59 Å². The van der Waals surface area contributed by atoms with E-state index in [9.17, 15) is 14.0 Å². The van der Waals surface area contributed by atoms with Gasteiger partial charge in [-0.2, -0.15) is 0 Å². The molecule has 0 aliphatic carbocycles. The van der Waals surface area contributed by atoms with Gasteiger partial charge in [0.1, 0.15) is 10.8 Å². The monoisotopic (exact) mass is 320 g/mol. The van der Waals surface area contributed by atoms with Crippen molar-refractivity contribution in [3.63, 3.8) is 0 Å². The Morgan fingerprint density at radius 3 is 2.86 bits per heavy atom. The third-order valence-electron chi connectivity index (χ3n) is 3.40. The molecule has 0 saturated carbocycles. The number of hydrogen-bond acceptors (Lipinski definition) is 5. The van der Waals surface area contributed by atoms with Gasteiger partial charge in [0.05, 0.1) is 11.6 Å². The third kappa shape index (κ3) is 2.82. The largest absolute Gasteiger partial charge is 0.309 e. The van der Waals surface area contributed by atoms with Crippen molar-refractivity contribution >= 4 is 34.0 Å². The van der Waals surface area contributed by atoms with E-state index in [1.54, 1.807) is 19.1 Å². The predicted octanol–water partition coefficient (Wildman–Crippen LogP) is 1.98. The van der Waals surface area contributed by atoms with E-state index in [0.29, 0.717) is 5.13 Å². The summed E-state index contributed by atoms with van der Waals surface area (Å²) in [6.07, 6.45) is 0.0535. The Labute approximate surface area is 130 Å². The van der Waals surface area contributed by atoms with E-state index < -0.39 is 11.7 Å². The summed E-state index contributed by atoms with van der Waals surface area (Å²) in [5, 5.41) is 11.4. The van der Waals surface area contributed by atoms with E-state index in [4.69, 9.17) is 0 Å². The number of rotatable bonds is 3. The molecule has 1 saturated heterocycles. The quantitative estimate of drug-likeness (QED) is 0.938. The molecule has 1 aromatic carbocycles. The number of anilines is 2. The summed E-state index contributed by atoms with van der Waals surface area (Å²) in [6, 6.07) is 6.03. The molecule has 8 heteroatoms. The Kier molecular flexibility index (Phi) is 3.84. The van der Waals surface area contributed by atoms with Gasteiger partial charge in [-0.1, -0.05) is 23.5 Å². The van der Waals surface area contributed by atoms with Crippen molar-refractivity contribution < 1.29 is 14.0 Å². The molecule has 0 bridgehead atoms. The van der Waals surface area contributed by atoms with E-state index in [2.05, 4.69) is 15.5 Å². The van der Waals surface area contributed by atoms with Gasteiger partial charge in [0.25, 0.3) is 0 Å². The zero-order chi connectivity index (χ0) is 15.7. The van der Waals surface area contributed by atoms with Crippen molar-refractivity contribution in [1.29, 1.82) is 0 Å². The van der Waals surface area contributed by atoms with Crippen LogP contribution in [-0.4, -0.2) is 28.6 Å². The molecule has 1 aliphatic rings. The maximum absolute atomic E-state index is 13.8. The SMILES string of the molecule is Cc1nnc(NC(=O)[C@H]2CC(=O)N(c3ccccc3F)C2)s1. The zero-order valence-electron chi connectivity index (χ0n) is 11.7. The zero-order valence-corrected chi connectivity index (χ0v) is 12.6. The van der Waals surface area contributed by atoms with Crippen molar-refractivity contribution in [2.24, 2.45) is 5.92 Å². The number of hydrogen-bond donors (Lipinski definition) is 1. The van der Waals surface area contributed by atoms with E-state index in [1.807, 2.05) is 0 Å². The van der Waals surface area contributed by atoms with Gasteiger partial charge in [-0.15, -0.1) is 10.2 Å². The molecule has 22 heavy (non-hydrogen) atoms. The summed E-state index contributed by atoms with van der Waals surface area (Å²) in [5.41, 5.74) is 0.203. The minimum atomic E-state index is -0.531. The van der Waals surface area contributed by atoms with E-state index in [1.165, 1.54) is 28.4 Å². The second-order valence-corrected chi connectivity index (χ2v) is 6.15. The second kappa shape index (κ2) is 5.80. The maximum atomic E-state index is 13.8. The Bertz CT molecular complexity index is 733. The molecule has 1 N–H and O–H groups in total. The summed E-state index contributed by atoms with van der Waals surface area (Å²) in [6.45, 7) is 1.94. The number of nitrogens with zero attached hydrogens (tertiary/aromatic N) is 3. The van der Waals surface area contributed by atoms with Gasteiger partial charge in [-0.05, 0) is 19.1 Å². The van der Waals surface area contributed by atoms with Crippen LogP contribution in [0.5, 0.6) is 0 Å². The molecule has 3 rings (SSSR count). The number of benzene rings is 1. The van der Waals surface area contributed by atoms with Crippen LogP contribution in [0.3, 0.4) is 0 Å². The van der Waals surface area contributed by atoms with Gasteiger partial charge in [-0.3, -0.25) is 9.59 Å². The van der Waals surface area contributed by atoms with Gasteiger partial charge in [0.2, 0.25) is 16.9 Å². The smallest absolute Gasteiger partial charge is 0.231 e. The standard InChI is InChI=1S/C14H13FN4O2S/c1-8-17-18-14(22-8)16-13(21)9-6-12(20)19(7-9)11-5-3-2-4-10(11)15/h2-5,9H,6-7H2,1H3,(H,16,18,21)/t9-/m0/s1. The van der Waals surface area contributed by atoms with Crippen LogP contribution in [0.25, 0.3) is 0 Å². The first kappa shape index (κ1) is 14.6. The molecule has 1 fully saturated rings. The fourth-order valence-corrected chi connectivity index (χ4v) is 2.94. The van der Waals surface area contributed by atoms with Gasteiger partial charge >= 0.3 is 0 Å². The van der Waals surface area contributed by atoms with E-state index >= 15 is 0 Å². The first-order valence-electron chi connectivity index (χ1n) is 6.70. The van der Waals surface area contributed by atoms with Crippen molar-refractivity contribution in [1.82, 2.24) is 10.2 Å². The Morgan fingerprint density at radius 1 is 1.41 bits per heavy atom. The van der Waals surface area contributed by atoms with Crippen LogP contribution in [0, 0.1) is 18.7 Å². The molecular formula is C14H13FN4O2S. The number of carbonyl (C=O) groups excluding carboxylic acids is 2. The lowest BCUT2D eigenvalue weighted by Gasteiger charge is -2.17. The third-order valence-corrected chi connectivity index (χ3v) is 4.15. The van der Waals surface area contributed by atoms with Crippen LogP contribution in [0.15, 0.2) is 24.3 Å². The molecular weight excluding hydrogens is 307 g/mol. The number of nitrogens with one attached hydrogen (secondary N) is 1. The molecule has 2 aromatic rings. The lowest BCUT2D eigenvalue weighted by atomic mass is 10.1. The van der Waals surface area contributed by atoms with Crippen LogP contribution in [0.1, 0.15) is 11.4 Å². The minimum absolute atomic E-state index is 0.0535. The average Bonchev–Trinajstić information content (AvgIpc) is 3.06. The summed E-state index contributed by atoms with van der Waals surface area (Å²) in [5.74, 6) is -1.57. The predicted molar refractivity (Wildman–Crippen MR) is 80.1 cm³/mol. The van der Waals surface area contributed by atoms with Crippen molar-refractivity contribution in [2.75, 3.05) is 16.8 Å². The van der Waals surface area contributed by atoms with Crippen molar-refractivity contribution in [3.05, 3.63) is 35.1 Å².